The summed E-state index contributed by atoms with van der Waals surface area (Å²) in [6.07, 6.45) is 1.67. The van der Waals surface area contributed by atoms with Gasteiger partial charge in [0.1, 0.15) is 5.69 Å². The number of pyridine rings is 1. The first-order valence-corrected chi connectivity index (χ1v) is 9.19. The number of carbonyl (C=O) groups excluding carboxylic acids is 2. The maximum absolute atomic E-state index is 13.3. The van der Waals surface area contributed by atoms with E-state index in [1.54, 1.807) is 9.30 Å². The van der Waals surface area contributed by atoms with Crippen LogP contribution in [0.1, 0.15) is 24.3 Å². The van der Waals surface area contributed by atoms with Crippen molar-refractivity contribution in [1.29, 1.82) is 0 Å². The van der Waals surface area contributed by atoms with Crippen LogP contribution in [0.3, 0.4) is 0 Å². The van der Waals surface area contributed by atoms with Gasteiger partial charge >= 0.3 is 0 Å². The molecule has 0 saturated carbocycles. The van der Waals surface area contributed by atoms with E-state index in [1.807, 2.05) is 74.6 Å². The minimum Gasteiger partial charge on any atom is -0.372 e. The van der Waals surface area contributed by atoms with Gasteiger partial charge in [0.05, 0.1) is 12.2 Å². The largest absolute Gasteiger partial charge is 0.372 e. The summed E-state index contributed by atoms with van der Waals surface area (Å²) in [5, 5.41) is 0. The van der Waals surface area contributed by atoms with Crippen molar-refractivity contribution in [2.24, 2.45) is 0 Å². The zero-order valence-corrected chi connectivity index (χ0v) is 15.5. The SMILES string of the molecule is CC1CN(C(=O)C(=O)c2c(-c3ccccc3)cc3ccccn23)CC(C)O1. The van der Waals surface area contributed by atoms with Crippen LogP contribution >= 0.6 is 0 Å². The van der Waals surface area contributed by atoms with Gasteiger partial charge in [0.25, 0.3) is 11.7 Å². The van der Waals surface area contributed by atoms with E-state index < -0.39 is 11.7 Å². The van der Waals surface area contributed by atoms with E-state index >= 15 is 0 Å². The number of nitrogens with zero attached hydrogens (tertiary/aromatic N) is 2. The lowest BCUT2D eigenvalue weighted by molar-refractivity contribution is -0.138. The number of carbonyl (C=O) groups is 2. The summed E-state index contributed by atoms with van der Waals surface area (Å²) in [6.45, 7) is 4.70. The number of Topliss-reactive ketones (excluding diaryl/α,β-unsaturated/α-hetero) is 1. The van der Waals surface area contributed by atoms with E-state index in [4.69, 9.17) is 4.74 Å². The maximum atomic E-state index is 13.3. The van der Waals surface area contributed by atoms with Crippen molar-refractivity contribution in [3.05, 3.63) is 66.5 Å². The van der Waals surface area contributed by atoms with Gasteiger partial charge < -0.3 is 14.0 Å². The Hall–Kier alpha value is -2.92. The molecule has 0 spiro atoms. The van der Waals surface area contributed by atoms with Crippen LogP contribution in [0.15, 0.2) is 60.8 Å². The van der Waals surface area contributed by atoms with E-state index in [1.165, 1.54) is 0 Å². The molecular weight excluding hydrogens is 340 g/mol. The third-order valence-electron chi connectivity index (χ3n) is 4.88. The van der Waals surface area contributed by atoms with Crippen molar-refractivity contribution in [3.63, 3.8) is 0 Å². The minimum absolute atomic E-state index is 0.0804. The molecule has 3 aromatic rings. The molecule has 1 fully saturated rings. The summed E-state index contributed by atoms with van der Waals surface area (Å²) in [4.78, 5) is 27.9. The molecule has 138 valence electrons. The quantitative estimate of drug-likeness (QED) is 0.530. The predicted octanol–water partition coefficient (Wildman–Crippen LogP) is 3.42. The summed E-state index contributed by atoms with van der Waals surface area (Å²) in [5.74, 6) is -0.959. The van der Waals surface area contributed by atoms with Crippen molar-refractivity contribution in [1.82, 2.24) is 9.30 Å². The molecule has 1 saturated heterocycles. The van der Waals surface area contributed by atoms with E-state index in [0.29, 0.717) is 18.8 Å². The monoisotopic (exact) mass is 362 g/mol. The lowest BCUT2D eigenvalue weighted by Crippen LogP contribution is -2.50. The highest BCUT2D eigenvalue weighted by Gasteiger charge is 2.32. The first-order valence-electron chi connectivity index (χ1n) is 9.19. The van der Waals surface area contributed by atoms with Crippen LogP contribution in [0.2, 0.25) is 0 Å². The second kappa shape index (κ2) is 7.00. The number of aromatic nitrogens is 1. The van der Waals surface area contributed by atoms with E-state index in [2.05, 4.69) is 0 Å². The van der Waals surface area contributed by atoms with Gasteiger partial charge in [-0.2, -0.15) is 0 Å². The molecule has 5 heteroatoms. The van der Waals surface area contributed by atoms with E-state index in [9.17, 15) is 9.59 Å². The summed E-state index contributed by atoms with van der Waals surface area (Å²) in [7, 11) is 0. The van der Waals surface area contributed by atoms with Gasteiger partial charge in [0.2, 0.25) is 0 Å². The molecule has 0 radical (unpaired) electrons. The molecule has 2 aromatic heterocycles. The van der Waals surface area contributed by atoms with Crippen LogP contribution in [0, 0.1) is 0 Å². The lowest BCUT2D eigenvalue weighted by Gasteiger charge is -2.34. The Labute approximate surface area is 158 Å². The molecule has 3 heterocycles. The molecule has 27 heavy (non-hydrogen) atoms. The average Bonchev–Trinajstić information content (AvgIpc) is 3.06. The summed E-state index contributed by atoms with van der Waals surface area (Å²) in [5.41, 5.74) is 2.99. The number of rotatable bonds is 3. The second-order valence-corrected chi connectivity index (χ2v) is 7.06. The normalized spacial score (nSPS) is 20.0. The number of fused-ring (bicyclic) bond motifs is 1. The Balaban J connectivity index is 1.78. The first kappa shape index (κ1) is 17.5. The summed E-state index contributed by atoms with van der Waals surface area (Å²) < 4.78 is 7.49. The third-order valence-corrected chi connectivity index (χ3v) is 4.88. The van der Waals surface area contributed by atoms with Gasteiger partial charge in [-0.1, -0.05) is 36.4 Å². The average molecular weight is 362 g/mol. The number of ether oxygens (including phenoxy) is 1. The van der Waals surface area contributed by atoms with Gasteiger partial charge in [-0.3, -0.25) is 9.59 Å². The Morgan fingerprint density at radius 1 is 0.963 bits per heavy atom. The zero-order valence-electron chi connectivity index (χ0n) is 15.5. The van der Waals surface area contributed by atoms with Gasteiger partial charge in [0, 0.05) is 30.4 Å². The van der Waals surface area contributed by atoms with Crippen molar-refractivity contribution in [2.45, 2.75) is 26.1 Å². The third kappa shape index (κ3) is 3.26. The molecule has 1 aliphatic rings. The van der Waals surface area contributed by atoms with Crippen LogP contribution in [-0.4, -0.2) is 46.3 Å². The predicted molar refractivity (Wildman–Crippen MR) is 104 cm³/mol. The smallest absolute Gasteiger partial charge is 0.296 e. The summed E-state index contributed by atoms with van der Waals surface area (Å²) >= 11 is 0. The summed E-state index contributed by atoms with van der Waals surface area (Å²) in [6, 6.07) is 17.4. The standard InChI is InChI=1S/C22H22N2O3/c1-15-13-23(14-16(2)27-15)22(26)21(25)20-19(17-8-4-3-5-9-17)12-18-10-6-7-11-24(18)20/h3-12,15-16H,13-14H2,1-2H3. The maximum Gasteiger partial charge on any atom is 0.296 e. The Kier molecular flexibility index (Phi) is 4.54. The molecule has 0 N–H and O–H groups in total. The fourth-order valence-electron chi connectivity index (χ4n) is 3.78. The van der Waals surface area contributed by atoms with Gasteiger partial charge in [-0.25, -0.2) is 0 Å². The molecule has 4 rings (SSSR count). The van der Waals surface area contributed by atoms with Gasteiger partial charge in [-0.05, 0) is 37.6 Å². The number of amides is 1. The Morgan fingerprint density at radius 3 is 2.33 bits per heavy atom. The molecule has 1 amide bonds. The highest BCUT2D eigenvalue weighted by atomic mass is 16.5. The Morgan fingerprint density at radius 2 is 1.63 bits per heavy atom. The van der Waals surface area contributed by atoms with Crippen LogP contribution in [0.4, 0.5) is 0 Å². The highest BCUT2D eigenvalue weighted by molar-refractivity contribution is 6.43. The molecule has 5 nitrogen and oxygen atoms in total. The highest BCUT2D eigenvalue weighted by Crippen LogP contribution is 2.28. The first-order chi connectivity index (χ1) is 13.0. The number of hydrogen-bond acceptors (Lipinski definition) is 3. The molecule has 2 atom stereocenters. The van der Waals surface area contributed by atoms with Crippen LogP contribution in [-0.2, 0) is 9.53 Å². The molecule has 2 unspecified atom stereocenters. The van der Waals surface area contributed by atoms with Crippen molar-refractivity contribution in [3.8, 4) is 11.1 Å². The Bertz CT molecular complexity index is 983. The number of benzene rings is 1. The second-order valence-electron chi connectivity index (χ2n) is 7.06. The van der Waals surface area contributed by atoms with Crippen molar-refractivity contribution >= 4 is 17.2 Å². The molecule has 1 aromatic carbocycles. The van der Waals surface area contributed by atoms with Gasteiger partial charge in [-0.15, -0.1) is 0 Å². The van der Waals surface area contributed by atoms with Crippen LogP contribution in [0.5, 0.6) is 0 Å². The number of ketones is 1. The zero-order chi connectivity index (χ0) is 19.0. The van der Waals surface area contributed by atoms with Crippen LogP contribution in [0.25, 0.3) is 16.6 Å². The molecule has 0 aliphatic carbocycles. The van der Waals surface area contributed by atoms with Crippen molar-refractivity contribution < 1.29 is 14.3 Å². The molecule has 0 bridgehead atoms. The molecule has 1 aliphatic heterocycles. The van der Waals surface area contributed by atoms with E-state index in [-0.39, 0.29) is 12.2 Å². The lowest BCUT2D eigenvalue weighted by atomic mass is 10.0. The van der Waals surface area contributed by atoms with Crippen LogP contribution < -0.4 is 0 Å². The van der Waals surface area contributed by atoms with E-state index in [0.717, 1.165) is 16.6 Å². The van der Waals surface area contributed by atoms with Gasteiger partial charge in [0.15, 0.2) is 0 Å². The van der Waals surface area contributed by atoms with Crippen molar-refractivity contribution in [2.75, 3.05) is 13.1 Å². The topological polar surface area (TPSA) is 51.0 Å². The fraction of sp³-hybridized carbons (Fsp3) is 0.273. The number of morpholine rings is 1. The number of hydrogen-bond donors (Lipinski definition) is 0. The molecular formula is C22H22N2O3. The minimum atomic E-state index is -0.485. The fourth-order valence-corrected chi connectivity index (χ4v) is 3.78.